The third-order valence-electron chi connectivity index (χ3n) is 7.73. The van der Waals surface area contributed by atoms with Crippen LogP contribution in [0.5, 0.6) is 0 Å². The summed E-state index contributed by atoms with van der Waals surface area (Å²) >= 11 is 0. The molecule has 3 amide bonds. The number of ether oxygens (including phenoxy) is 2. The molecule has 4 N–H and O–H groups in total. The average molecular weight is 993 g/mol. The lowest BCUT2D eigenvalue weighted by atomic mass is 10.1. The van der Waals surface area contributed by atoms with Gasteiger partial charge in [-0.3, -0.25) is 24.0 Å². The molecule has 0 aromatic heterocycles. The molecule has 0 aliphatic rings. The van der Waals surface area contributed by atoms with Gasteiger partial charge in [-0.2, -0.15) is 0 Å². The molecule has 14 heteroatoms. The fraction of sp³-hybridized carbons (Fsp3) is 0.145. The van der Waals surface area contributed by atoms with E-state index in [1.807, 2.05) is 0 Å². The van der Waals surface area contributed by atoms with E-state index in [-0.39, 0.29) is 37.1 Å². The number of carbonyl (C=O) groups excluding carboxylic acids is 7. The first-order valence-electron chi connectivity index (χ1n) is 21.4. The van der Waals surface area contributed by atoms with Crippen LogP contribution < -0.4 is 21.4 Å². The van der Waals surface area contributed by atoms with Crippen LogP contribution in [0, 0.1) is 202 Å². The van der Waals surface area contributed by atoms with Gasteiger partial charge in [0.25, 0.3) is 5.91 Å². The van der Waals surface area contributed by atoms with Crippen LogP contribution in [0.2, 0.25) is 0 Å². The van der Waals surface area contributed by atoms with E-state index in [1.54, 1.807) is 43.3 Å². The SMILES string of the molecule is C#CC#CC#CC#CC#CC#CC#CC#CC#CONC(CCC(=O)OC(=O)c1ccccc1)C(=O)NCCNC(=O)C(CCC(=O)OC(=O)c1ccccc1)NC(=O)C#CC#CC#CC#CC#CC#CC#CC#CC. The maximum atomic E-state index is 13.3. The molecule has 76 heavy (non-hydrogen) atoms. The lowest BCUT2D eigenvalue weighted by molar-refractivity contribution is -0.140. The molecule has 0 aliphatic heterocycles. The van der Waals surface area contributed by atoms with Crippen molar-refractivity contribution in [1.82, 2.24) is 21.4 Å². The highest BCUT2D eigenvalue weighted by Crippen LogP contribution is 2.07. The molecule has 2 aromatic carbocycles. The topological polar surface area (TPSA) is 195 Å². The summed E-state index contributed by atoms with van der Waals surface area (Å²) in [7, 11) is 0. The number of hydroxylamine groups is 1. The van der Waals surface area contributed by atoms with Crippen LogP contribution in [0.15, 0.2) is 60.7 Å². The Kier molecular flexibility index (Phi) is 31.6. The summed E-state index contributed by atoms with van der Waals surface area (Å²) in [5, 5.41) is 7.44. The largest absolute Gasteiger partial charge is 0.389 e. The minimum absolute atomic E-state index is 0.111. The van der Waals surface area contributed by atoms with Crippen molar-refractivity contribution in [2.24, 2.45) is 0 Å². The second-order valence-electron chi connectivity index (χ2n) is 13.0. The molecule has 0 spiro atoms. The quantitative estimate of drug-likeness (QED) is 0.0605. The molecule has 2 rings (SSSR count). The second-order valence-corrected chi connectivity index (χ2v) is 13.0. The first-order chi connectivity index (χ1) is 37.1. The number of esters is 4. The van der Waals surface area contributed by atoms with Crippen molar-refractivity contribution in [3.8, 4) is 202 Å². The number of nitrogens with one attached hydrogen (secondary N) is 4. The first kappa shape index (κ1) is 59.5. The summed E-state index contributed by atoms with van der Waals surface area (Å²) < 4.78 is 9.77. The Balaban J connectivity index is 2.11. The Labute approximate surface area is 440 Å². The van der Waals surface area contributed by atoms with Gasteiger partial charge < -0.3 is 30.3 Å². The summed E-state index contributed by atoms with van der Waals surface area (Å²) in [6.45, 7) is 1.21. The molecule has 0 heterocycles. The standard InChI is InChI=1S/C62H32N4O10/c1-3-5-7-9-11-13-15-17-19-21-23-25-27-29-31-39-51-74-66-55(46-48-58(69)76-62(73)53-42-36-33-37-43-53)60(71)64-50-49-63-59(70)54(45-47-57(68)75-61(72)52-40-34-32-35-41-52)65-56(67)44-38-30-28-26-24-22-20-18-16-14-12-10-8-6-4-2/h1,32-37,40-43,54-55,66H,45-50H2,2H3,(H,63,70)(H,64,71)(H,65,67). The smallest absolute Gasteiger partial charge is 0.345 e. The Morgan fingerprint density at radius 3 is 1.22 bits per heavy atom. The fourth-order valence-electron chi connectivity index (χ4n) is 4.54. The van der Waals surface area contributed by atoms with Crippen LogP contribution in [0.3, 0.4) is 0 Å². The number of hydrogen-bond donors (Lipinski definition) is 4. The zero-order valence-electron chi connectivity index (χ0n) is 39.8. The zero-order chi connectivity index (χ0) is 54.9. The molecule has 2 aromatic rings. The minimum atomic E-state index is -1.39. The van der Waals surface area contributed by atoms with Crippen molar-refractivity contribution in [1.29, 1.82) is 0 Å². The number of hydrogen-bond acceptors (Lipinski definition) is 11. The predicted molar refractivity (Wildman–Crippen MR) is 277 cm³/mol. The van der Waals surface area contributed by atoms with Crippen molar-refractivity contribution in [3.05, 3.63) is 71.8 Å². The van der Waals surface area contributed by atoms with Crippen LogP contribution in [0.1, 0.15) is 53.3 Å². The van der Waals surface area contributed by atoms with E-state index < -0.39 is 66.5 Å². The predicted octanol–water partition coefficient (Wildman–Crippen LogP) is 0.586. The van der Waals surface area contributed by atoms with Gasteiger partial charge in [-0.05, 0) is 174 Å². The maximum Gasteiger partial charge on any atom is 0.345 e. The van der Waals surface area contributed by atoms with E-state index in [9.17, 15) is 33.6 Å². The molecule has 0 fully saturated rings. The van der Waals surface area contributed by atoms with Gasteiger partial charge in [0, 0.05) is 79.2 Å². The highest BCUT2D eigenvalue weighted by Gasteiger charge is 2.24. The fourth-order valence-corrected chi connectivity index (χ4v) is 4.54. The van der Waals surface area contributed by atoms with Crippen molar-refractivity contribution in [2.45, 2.75) is 44.7 Å². The Morgan fingerprint density at radius 1 is 0.461 bits per heavy atom. The van der Waals surface area contributed by atoms with Gasteiger partial charge >= 0.3 is 23.9 Å². The van der Waals surface area contributed by atoms with Gasteiger partial charge in [0.2, 0.25) is 11.8 Å². The third kappa shape index (κ3) is 30.7. The molecular weight excluding hydrogens is 961 g/mol. The summed E-state index contributed by atoms with van der Waals surface area (Å²) in [5.41, 5.74) is 2.63. The summed E-state index contributed by atoms with van der Waals surface area (Å²) in [4.78, 5) is 94.3. The monoisotopic (exact) mass is 992 g/mol. The number of amides is 3. The number of carbonyl (C=O) groups is 7. The highest BCUT2D eigenvalue weighted by atomic mass is 16.6. The van der Waals surface area contributed by atoms with Gasteiger partial charge in [0.1, 0.15) is 12.1 Å². The van der Waals surface area contributed by atoms with Gasteiger partial charge in [0.05, 0.1) is 11.1 Å². The summed E-state index contributed by atoms with van der Waals surface area (Å²) in [5.74, 6) is 70.9. The van der Waals surface area contributed by atoms with Crippen LogP contribution in [0.25, 0.3) is 0 Å². The van der Waals surface area contributed by atoms with E-state index in [0.717, 1.165) is 0 Å². The molecule has 2 unspecified atom stereocenters. The highest BCUT2D eigenvalue weighted by molar-refractivity contribution is 5.99. The number of rotatable bonds is 16. The molecule has 0 radical (unpaired) electrons. The van der Waals surface area contributed by atoms with Gasteiger partial charge in [-0.1, -0.05) is 42.3 Å². The summed E-state index contributed by atoms with van der Waals surface area (Å²) in [6.07, 6.45) is 5.65. The minimum Gasteiger partial charge on any atom is -0.389 e. The van der Waals surface area contributed by atoms with E-state index >= 15 is 0 Å². The molecule has 2 atom stereocenters. The van der Waals surface area contributed by atoms with E-state index in [1.165, 1.54) is 24.3 Å². The molecule has 0 saturated carbocycles. The van der Waals surface area contributed by atoms with Crippen LogP contribution in [-0.2, 0) is 38.3 Å². The third-order valence-corrected chi connectivity index (χ3v) is 7.73. The molecule has 0 saturated heterocycles. The van der Waals surface area contributed by atoms with Crippen molar-refractivity contribution in [2.75, 3.05) is 13.1 Å². The van der Waals surface area contributed by atoms with Crippen LogP contribution in [0.4, 0.5) is 0 Å². The molecule has 0 aliphatic carbocycles. The van der Waals surface area contributed by atoms with Gasteiger partial charge in [-0.15, -0.1) is 11.9 Å². The van der Waals surface area contributed by atoms with E-state index in [0.29, 0.717) is 0 Å². The molecule has 14 nitrogen and oxygen atoms in total. The van der Waals surface area contributed by atoms with Crippen molar-refractivity contribution >= 4 is 41.6 Å². The van der Waals surface area contributed by atoms with Crippen molar-refractivity contribution < 1.29 is 47.9 Å². The van der Waals surface area contributed by atoms with E-state index in [2.05, 4.69) is 217 Å². The Bertz CT molecular complexity index is 3700. The molecule has 360 valence electrons. The Morgan fingerprint density at radius 2 is 0.816 bits per heavy atom. The number of terminal acetylenes is 1. The Hall–Kier alpha value is -12.6. The summed E-state index contributed by atoms with van der Waals surface area (Å²) in [6, 6.07) is 12.8. The lowest BCUT2D eigenvalue weighted by Gasteiger charge is -2.18. The lowest BCUT2D eigenvalue weighted by Crippen LogP contribution is -2.49. The maximum absolute atomic E-state index is 13.3. The van der Waals surface area contributed by atoms with Crippen LogP contribution in [-0.4, -0.2) is 66.8 Å². The van der Waals surface area contributed by atoms with Crippen LogP contribution >= 0.6 is 0 Å². The number of benzene rings is 2. The second kappa shape index (κ2) is 40.3. The van der Waals surface area contributed by atoms with Gasteiger partial charge in [-0.25, -0.2) is 9.59 Å². The average Bonchev–Trinajstić information content (AvgIpc) is 3.42. The molecular formula is C62H32N4O10. The van der Waals surface area contributed by atoms with Crippen molar-refractivity contribution in [3.63, 3.8) is 0 Å². The molecule has 0 bridgehead atoms. The van der Waals surface area contributed by atoms with Gasteiger partial charge in [0.15, 0.2) is 6.11 Å². The van der Waals surface area contributed by atoms with E-state index in [4.69, 9.17) is 20.7 Å². The normalized spacial score (nSPS) is 8.32. The zero-order valence-corrected chi connectivity index (χ0v) is 39.8. The first-order valence-corrected chi connectivity index (χ1v) is 21.4.